The van der Waals surface area contributed by atoms with Crippen LogP contribution in [0.1, 0.15) is 0 Å². The van der Waals surface area contributed by atoms with E-state index in [0.717, 1.165) is 18.2 Å². The molecule has 0 aliphatic rings. The van der Waals surface area contributed by atoms with Crippen molar-refractivity contribution in [2.45, 2.75) is 6.43 Å². The summed E-state index contributed by atoms with van der Waals surface area (Å²) in [5.41, 5.74) is 0. The van der Waals surface area contributed by atoms with Gasteiger partial charge in [-0.3, -0.25) is 0 Å². The molecular formula is C11H8ClF3O. The van der Waals surface area contributed by atoms with Crippen LogP contribution < -0.4 is 4.74 Å². The first-order chi connectivity index (χ1) is 7.51. The highest BCUT2D eigenvalue weighted by atomic mass is 35.5. The lowest BCUT2D eigenvalue weighted by Crippen LogP contribution is -1.96. The molecule has 5 heteroatoms. The highest BCUT2D eigenvalue weighted by Gasteiger charge is 2.05. The SMILES string of the molecule is C=CC(=CC(F)F)Oc1cc(F)cc(Cl)c1. The lowest BCUT2D eigenvalue weighted by Gasteiger charge is -2.06. The summed E-state index contributed by atoms with van der Waals surface area (Å²) in [6, 6.07) is 3.43. The van der Waals surface area contributed by atoms with Crippen LogP contribution in [-0.4, -0.2) is 6.43 Å². The predicted octanol–water partition coefficient (Wildman–Crippen LogP) is 4.19. The Hall–Kier alpha value is -1.42. The molecule has 0 saturated carbocycles. The van der Waals surface area contributed by atoms with Crippen molar-refractivity contribution in [3.05, 3.63) is 53.5 Å². The first-order valence-corrected chi connectivity index (χ1v) is 4.65. The average molecular weight is 249 g/mol. The zero-order valence-corrected chi connectivity index (χ0v) is 8.85. The normalized spacial score (nSPS) is 11.7. The summed E-state index contributed by atoms with van der Waals surface area (Å²) in [5.74, 6) is -0.726. The maximum absolute atomic E-state index is 12.9. The van der Waals surface area contributed by atoms with E-state index in [4.69, 9.17) is 16.3 Å². The first-order valence-electron chi connectivity index (χ1n) is 4.27. The maximum Gasteiger partial charge on any atom is 0.260 e. The molecule has 0 saturated heterocycles. The number of hydrogen-bond acceptors (Lipinski definition) is 1. The summed E-state index contributed by atoms with van der Waals surface area (Å²) in [6.07, 6.45) is -1.01. The molecule has 1 rings (SSSR count). The van der Waals surface area contributed by atoms with Gasteiger partial charge in [-0.15, -0.1) is 0 Å². The van der Waals surface area contributed by atoms with Crippen LogP contribution in [0.4, 0.5) is 13.2 Å². The Bertz CT molecular complexity index is 395. The molecule has 0 bridgehead atoms. The van der Waals surface area contributed by atoms with Gasteiger partial charge in [0.25, 0.3) is 6.43 Å². The second-order valence-electron chi connectivity index (χ2n) is 2.81. The van der Waals surface area contributed by atoms with Gasteiger partial charge < -0.3 is 4.74 Å². The van der Waals surface area contributed by atoms with E-state index < -0.39 is 12.2 Å². The zero-order chi connectivity index (χ0) is 12.1. The first kappa shape index (κ1) is 12.6. The van der Waals surface area contributed by atoms with E-state index in [-0.39, 0.29) is 16.5 Å². The molecule has 0 aromatic heterocycles. The van der Waals surface area contributed by atoms with E-state index in [1.165, 1.54) is 6.07 Å². The van der Waals surface area contributed by atoms with Gasteiger partial charge >= 0.3 is 0 Å². The molecule has 0 N–H and O–H groups in total. The van der Waals surface area contributed by atoms with E-state index in [9.17, 15) is 13.2 Å². The molecule has 0 atom stereocenters. The number of hydrogen-bond donors (Lipinski definition) is 0. The topological polar surface area (TPSA) is 9.23 Å². The number of ether oxygens (including phenoxy) is 1. The van der Waals surface area contributed by atoms with Crippen LogP contribution in [0.3, 0.4) is 0 Å². The second kappa shape index (κ2) is 5.61. The second-order valence-corrected chi connectivity index (χ2v) is 3.25. The Labute approximate surface area is 95.8 Å². The summed E-state index contributed by atoms with van der Waals surface area (Å²) in [5, 5.41) is 0.121. The van der Waals surface area contributed by atoms with Gasteiger partial charge in [-0.25, -0.2) is 13.2 Å². The molecule has 0 fully saturated rings. The van der Waals surface area contributed by atoms with Gasteiger partial charge in [0, 0.05) is 17.2 Å². The number of rotatable bonds is 4. The molecule has 0 heterocycles. The highest BCUT2D eigenvalue weighted by Crippen LogP contribution is 2.22. The van der Waals surface area contributed by atoms with Gasteiger partial charge in [-0.2, -0.15) is 0 Å². The van der Waals surface area contributed by atoms with Crippen molar-refractivity contribution in [3.63, 3.8) is 0 Å². The van der Waals surface area contributed by atoms with Crippen LogP contribution in [0.2, 0.25) is 5.02 Å². The number of allylic oxidation sites excluding steroid dienone is 2. The Morgan fingerprint density at radius 3 is 2.56 bits per heavy atom. The summed E-state index contributed by atoms with van der Waals surface area (Å²) < 4.78 is 41.9. The van der Waals surface area contributed by atoms with Crippen LogP contribution >= 0.6 is 11.6 Å². The van der Waals surface area contributed by atoms with E-state index >= 15 is 0 Å². The van der Waals surface area contributed by atoms with Crippen LogP contribution in [0.25, 0.3) is 0 Å². The monoisotopic (exact) mass is 248 g/mol. The zero-order valence-electron chi connectivity index (χ0n) is 8.09. The van der Waals surface area contributed by atoms with Crippen LogP contribution in [0, 0.1) is 5.82 Å². The smallest absolute Gasteiger partial charge is 0.260 e. The summed E-state index contributed by atoms with van der Waals surface area (Å²) >= 11 is 5.57. The molecule has 0 spiro atoms. The average Bonchev–Trinajstić information content (AvgIpc) is 2.14. The lowest BCUT2D eigenvalue weighted by atomic mass is 10.3. The van der Waals surface area contributed by atoms with E-state index in [1.807, 2.05) is 0 Å². The number of alkyl halides is 2. The molecule has 86 valence electrons. The Morgan fingerprint density at radius 2 is 2.06 bits per heavy atom. The molecule has 1 aromatic rings. The summed E-state index contributed by atoms with van der Waals surface area (Å²) in [7, 11) is 0. The molecule has 1 nitrogen and oxygen atoms in total. The number of benzene rings is 1. The number of halogens is 4. The fraction of sp³-hybridized carbons (Fsp3) is 0.0909. The van der Waals surface area contributed by atoms with Crippen LogP contribution in [0.5, 0.6) is 5.75 Å². The van der Waals surface area contributed by atoms with Crippen molar-refractivity contribution < 1.29 is 17.9 Å². The van der Waals surface area contributed by atoms with Gasteiger partial charge in [0.05, 0.1) is 0 Å². The Balaban J connectivity index is 2.90. The van der Waals surface area contributed by atoms with Crippen molar-refractivity contribution >= 4 is 11.6 Å². The summed E-state index contributed by atoms with van der Waals surface area (Å²) in [4.78, 5) is 0. The van der Waals surface area contributed by atoms with Crippen molar-refractivity contribution in [1.29, 1.82) is 0 Å². The van der Waals surface area contributed by atoms with Crippen LogP contribution in [0.15, 0.2) is 42.7 Å². The van der Waals surface area contributed by atoms with Crippen molar-refractivity contribution in [3.8, 4) is 5.75 Å². The quantitative estimate of drug-likeness (QED) is 0.573. The summed E-state index contributed by atoms with van der Waals surface area (Å²) in [6.45, 7) is 3.30. The molecule has 0 amide bonds. The van der Waals surface area contributed by atoms with E-state index in [1.54, 1.807) is 0 Å². The van der Waals surface area contributed by atoms with Gasteiger partial charge in [0.2, 0.25) is 0 Å². The molecule has 0 radical (unpaired) electrons. The minimum absolute atomic E-state index is 0.0387. The van der Waals surface area contributed by atoms with Gasteiger partial charge in [-0.1, -0.05) is 18.2 Å². The third-order valence-corrected chi connectivity index (χ3v) is 1.78. The van der Waals surface area contributed by atoms with Gasteiger partial charge in [0.1, 0.15) is 17.3 Å². The van der Waals surface area contributed by atoms with Gasteiger partial charge in [0.15, 0.2) is 0 Å². The third kappa shape index (κ3) is 3.98. The molecular weight excluding hydrogens is 241 g/mol. The van der Waals surface area contributed by atoms with Crippen LogP contribution in [-0.2, 0) is 0 Å². The fourth-order valence-electron chi connectivity index (χ4n) is 0.991. The minimum atomic E-state index is -2.67. The van der Waals surface area contributed by atoms with E-state index in [2.05, 4.69) is 6.58 Å². The third-order valence-electron chi connectivity index (χ3n) is 1.56. The highest BCUT2D eigenvalue weighted by molar-refractivity contribution is 6.30. The molecule has 16 heavy (non-hydrogen) atoms. The Kier molecular flexibility index (Phi) is 4.43. The Morgan fingerprint density at radius 1 is 1.38 bits per heavy atom. The molecule has 1 aromatic carbocycles. The molecule has 0 unspecified atom stereocenters. The maximum atomic E-state index is 12.9. The largest absolute Gasteiger partial charge is 0.457 e. The van der Waals surface area contributed by atoms with Crippen molar-refractivity contribution in [2.75, 3.05) is 0 Å². The minimum Gasteiger partial charge on any atom is -0.457 e. The fourth-order valence-corrected chi connectivity index (χ4v) is 1.20. The van der Waals surface area contributed by atoms with Crippen molar-refractivity contribution in [1.82, 2.24) is 0 Å². The predicted molar refractivity (Wildman–Crippen MR) is 56.3 cm³/mol. The van der Waals surface area contributed by atoms with Crippen molar-refractivity contribution in [2.24, 2.45) is 0 Å². The lowest BCUT2D eigenvalue weighted by molar-refractivity contribution is 0.199. The van der Waals surface area contributed by atoms with E-state index in [0.29, 0.717) is 6.08 Å². The van der Waals surface area contributed by atoms with Gasteiger partial charge in [-0.05, 0) is 18.2 Å². The standard InChI is InChI=1S/C11H8ClF3O/c1-2-9(6-11(14)15)16-10-4-7(12)3-8(13)5-10/h2-6,11H,1H2. The molecule has 0 aliphatic heterocycles. The molecule has 0 aliphatic carbocycles.